The van der Waals surface area contributed by atoms with Gasteiger partial charge in [-0.3, -0.25) is 0 Å². The summed E-state index contributed by atoms with van der Waals surface area (Å²) < 4.78 is 27.7. The summed E-state index contributed by atoms with van der Waals surface area (Å²) in [7, 11) is 0. The zero-order valence-corrected chi connectivity index (χ0v) is 10.3. The minimum Gasteiger partial charge on any atom is -0.328 e. The van der Waals surface area contributed by atoms with Crippen LogP contribution in [0.5, 0.6) is 0 Å². The third-order valence-corrected chi connectivity index (χ3v) is 3.71. The summed E-state index contributed by atoms with van der Waals surface area (Å²) in [4.78, 5) is 0. The van der Waals surface area contributed by atoms with Crippen LogP contribution in [-0.4, -0.2) is 11.7 Å². The molecular formula is C13H16ClF2N. The Labute approximate surface area is 105 Å². The van der Waals surface area contributed by atoms with Crippen molar-refractivity contribution >= 4 is 11.6 Å². The van der Waals surface area contributed by atoms with Crippen molar-refractivity contribution in [1.82, 2.24) is 0 Å². The van der Waals surface area contributed by atoms with Crippen LogP contribution in [0, 0.1) is 5.82 Å². The molecule has 0 heterocycles. The number of halogens is 3. The number of hydrogen-bond acceptors (Lipinski definition) is 1. The van der Waals surface area contributed by atoms with E-state index in [1.807, 2.05) is 0 Å². The van der Waals surface area contributed by atoms with Crippen molar-refractivity contribution < 1.29 is 8.78 Å². The fourth-order valence-corrected chi connectivity index (χ4v) is 2.72. The molecule has 1 saturated carbocycles. The molecule has 2 unspecified atom stereocenters. The highest BCUT2D eigenvalue weighted by molar-refractivity contribution is 6.31. The molecule has 0 spiro atoms. The highest BCUT2D eigenvalue weighted by Gasteiger charge is 2.35. The molecule has 1 aromatic rings. The second-order valence-electron chi connectivity index (χ2n) is 4.92. The SMILES string of the molecule is NC1CCCC(F)(Cc2cc(F)ccc2Cl)C1. The Kier molecular flexibility index (Phi) is 3.69. The van der Waals surface area contributed by atoms with Gasteiger partial charge in [0.2, 0.25) is 0 Å². The number of hydrogen-bond donors (Lipinski definition) is 1. The smallest absolute Gasteiger partial charge is 0.123 e. The van der Waals surface area contributed by atoms with Crippen molar-refractivity contribution in [3.8, 4) is 0 Å². The molecule has 1 fully saturated rings. The Morgan fingerprint density at radius 2 is 2.24 bits per heavy atom. The first kappa shape index (κ1) is 12.8. The Hall–Kier alpha value is -0.670. The van der Waals surface area contributed by atoms with Crippen LogP contribution in [0.25, 0.3) is 0 Å². The predicted molar refractivity (Wildman–Crippen MR) is 65.4 cm³/mol. The van der Waals surface area contributed by atoms with Gasteiger partial charge in [-0.05, 0) is 49.4 Å². The van der Waals surface area contributed by atoms with Gasteiger partial charge >= 0.3 is 0 Å². The molecule has 4 heteroatoms. The summed E-state index contributed by atoms with van der Waals surface area (Å²) in [5, 5.41) is 0.419. The zero-order chi connectivity index (χ0) is 12.5. The number of alkyl halides is 1. The second-order valence-corrected chi connectivity index (χ2v) is 5.33. The van der Waals surface area contributed by atoms with Crippen LogP contribution in [-0.2, 0) is 6.42 Å². The fourth-order valence-electron chi connectivity index (χ4n) is 2.54. The highest BCUT2D eigenvalue weighted by Crippen LogP contribution is 2.36. The van der Waals surface area contributed by atoms with Crippen molar-refractivity contribution in [2.24, 2.45) is 5.73 Å². The molecule has 1 aromatic carbocycles. The van der Waals surface area contributed by atoms with E-state index in [-0.39, 0.29) is 18.3 Å². The predicted octanol–water partition coefficient (Wildman–Crippen LogP) is 3.63. The maximum absolute atomic E-state index is 14.6. The van der Waals surface area contributed by atoms with Crippen LogP contribution in [0.2, 0.25) is 5.02 Å². The third kappa shape index (κ3) is 3.17. The lowest BCUT2D eigenvalue weighted by molar-refractivity contribution is 0.0965. The molecule has 0 saturated heterocycles. The summed E-state index contributed by atoms with van der Waals surface area (Å²) in [6, 6.07) is 3.96. The number of nitrogens with two attached hydrogens (primary N) is 1. The van der Waals surface area contributed by atoms with Crippen molar-refractivity contribution in [2.75, 3.05) is 0 Å². The van der Waals surface area contributed by atoms with E-state index < -0.39 is 5.67 Å². The Balaban J connectivity index is 2.16. The van der Waals surface area contributed by atoms with Crippen molar-refractivity contribution in [1.29, 1.82) is 0 Å². The van der Waals surface area contributed by atoms with Gasteiger partial charge in [0.1, 0.15) is 11.5 Å². The van der Waals surface area contributed by atoms with Crippen LogP contribution in [0.15, 0.2) is 18.2 Å². The molecule has 2 N–H and O–H groups in total. The van der Waals surface area contributed by atoms with Crippen LogP contribution in [0.3, 0.4) is 0 Å². The summed E-state index contributed by atoms with van der Waals surface area (Å²) in [5.74, 6) is -0.381. The zero-order valence-electron chi connectivity index (χ0n) is 9.56. The van der Waals surface area contributed by atoms with Crippen LogP contribution >= 0.6 is 11.6 Å². The summed E-state index contributed by atoms with van der Waals surface area (Å²) in [5.41, 5.74) is 4.98. The Morgan fingerprint density at radius 1 is 1.47 bits per heavy atom. The third-order valence-electron chi connectivity index (χ3n) is 3.34. The molecule has 0 amide bonds. The monoisotopic (exact) mass is 259 g/mol. The molecule has 1 aliphatic rings. The standard InChI is InChI=1S/C13H16ClF2N/c14-12-4-3-10(15)6-9(12)7-13(16)5-1-2-11(17)8-13/h3-4,6,11H,1-2,5,7-8,17H2. The maximum Gasteiger partial charge on any atom is 0.123 e. The molecule has 17 heavy (non-hydrogen) atoms. The summed E-state index contributed by atoms with van der Waals surface area (Å²) in [6.07, 6.45) is 2.61. The van der Waals surface area contributed by atoms with Crippen molar-refractivity contribution in [3.63, 3.8) is 0 Å². The molecule has 94 valence electrons. The Bertz CT molecular complexity index is 410. The van der Waals surface area contributed by atoms with Gasteiger partial charge in [-0.2, -0.15) is 0 Å². The molecule has 1 nitrogen and oxygen atoms in total. The first-order valence-electron chi connectivity index (χ1n) is 5.87. The molecule has 0 bridgehead atoms. The van der Waals surface area contributed by atoms with Gasteiger partial charge in [0.25, 0.3) is 0 Å². The Morgan fingerprint density at radius 3 is 2.94 bits per heavy atom. The van der Waals surface area contributed by atoms with Gasteiger partial charge < -0.3 is 5.73 Å². The highest BCUT2D eigenvalue weighted by atomic mass is 35.5. The largest absolute Gasteiger partial charge is 0.328 e. The average Bonchev–Trinajstić information content (AvgIpc) is 2.22. The lowest BCUT2D eigenvalue weighted by Crippen LogP contribution is -2.39. The first-order chi connectivity index (χ1) is 7.98. The average molecular weight is 260 g/mol. The van der Waals surface area contributed by atoms with Crippen molar-refractivity contribution in [3.05, 3.63) is 34.6 Å². The van der Waals surface area contributed by atoms with E-state index in [2.05, 4.69) is 0 Å². The van der Waals surface area contributed by atoms with E-state index in [1.54, 1.807) is 0 Å². The normalized spacial score (nSPS) is 29.3. The van der Waals surface area contributed by atoms with Gasteiger partial charge in [-0.25, -0.2) is 8.78 Å². The molecule has 1 aliphatic carbocycles. The molecule has 0 aliphatic heterocycles. The van der Waals surface area contributed by atoms with E-state index in [1.165, 1.54) is 18.2 Å². The quantitative estimate of drug-likeness (QED) is 0.862. The van der Waals surface area contributed by atoms with Gasteiger partial charge in [0.05, 0.1) is 0 Å². The number of rotatable bonds is 2. The molecule has 2 rings (SSSR count). The molecule has 0 radical (unpaired) electrons. The summed E-state index contributed by atoms with van der Waals surface area (Å²) >= 11 is 5.95. The van der Waals surface area contributed by atoms with E-state index >= 15 is 0 Å². The lowest BCUT2D eigenvalue weighted by atomic mass is 9.80. The van der Waals surface area contributed by atoms with E-state index in [0.29, 0.717) is 23.4 Å². The van der Waals surface area contributed by atoms with Gasteiger partial charge in [0.15, 0.2) is 0 Å². The lowest BCUT2D eigenvalue weighted by Gasteiger charge is -2.33. The van der Waals surface area contributed by atoms with Crippen LogP contribution < -0.4 is 5.73 Å². The van der Waals surface area contributed by atoms with Gasteiger partial charge in [-0.15, -0.1) is 0 Å². The van der Waals surface area contributed by atoms with Gasteiger partial charge in [0, 0.05) is 17.5 Å². The van der Waals surface area contributed by atoms with E-state index in [4.69, 9.17) is 17.3 Å². The second kappa shape index (κ2) is 4.91. The molecule has 0 aromatic heterocycles. The van der Waals surface area contributed by atoms with E-state index in [0.717, 1.165) is 12.8 Å². The summed E-state index contributed by atoms with van der Waals surface area (Å²) in [6.45, 7) is 0. The number of benzene rings is 1. The van der Waals surface area contributed by atoms with Crippen LogP contribution in [0.1, 0.15) is 31.2 Å². The minimum atomic E-state index is -1.34. The van der Waals surface area contributed by atoms with Gasteiger partial charge in [-0.1, -0.05) is 11.6 Å². The van der Waals surface area contributed by atoms with Crippen molar-refractivity contribution in [2.45, 2.75) is 43.8 Å². The first-order valence-corrected chi connectivity index (χ1v) is 6.25. The fraction of sp³-hybridized carbons (Fsp3) is 0.538. The maximum atomic E-state index is 14.6. The molecule has 2 atom stereocenters. The van der Waals surface area contributed by atoms with E-state index in [9.17, 15) is 8.78 Å². The molecular weight excluding hydrogens is 244 g/mol. The minimum absolute atomic E-state index is 0.0962. The van der Waals surface area contributed by atoms with Crippen LogP contribution in [0.4, 0.5) is 8.78 Å². The topological polar surface area (TPSA) is 26.0 Å².